The van der Waals surface area contributed by atoms with Gasteiger partial charge in [0, 0.05) is 22.2 Å². The molecule has 0 amide bonds. The fourth-order valence-electron chi connectivity index (χ4n) is 4.31. The van der Waals surface area contributed by atoms with Crippen LogP contribution in [0.1, 0.15) is 38.3 Å². The van der Waals surface area contributed by atoms with Gasteiger partial charge in [-0.3, -0.25) is 0 Å². The molecule has 0 saturated heterocycles. The van der Waals surface area contributed by atoms with Crippen LogP contribution in [0.4, 0.5) is 10.1 Å². The van der Waals surface area contributed by atoms with Gasteiger partial charge in [-0.25, -0.2) is 9.98 Å². The van der Waals surface area contributed by atoms with Gasteiger partial charge in [-0.05, 0) is 63.0 Å². The van der Waals surface area contributed by atoms with Crippen LogP contribution in [0, 0.1) is 13.8 Å². The molecule has 1 aromatic heterocycles. The van der Waals surface area contributed by atoms with Crippen molar-refractivity contribution < 1.29 is 4.32 Å². The summed E-state index contributed by atoms with van der Waals surface area (Å²) in [5.41, 5.74) is 7.34. The third-order valence-corrected chi connectivity index (χ3v) is 5.55. The Morgan fingerprint density at radius 2 is 1.66 bits per heavy atom. The number of fused-ring (bicyclic) bond motifs is 1. The molecule has 4 rings (SSSR count). The predicted molar refractivity (Wildman–Crippen MR) is 122 cm³/mol. The zero-order valence-corrected chi connectivity index (χ0v) is 17.5. The number of aromatic nitrogens is 1. The van der Waals surface area contributed by atoms with Crippen molar-refractivity contribution in [2.75, 3.05) is 0 Å². The molecule has 3 nitrogen and oxygen atoms in total. The Kier molecular flexibility index (Phi) is 4.99. The number of amidine groups is 1. The maximum absolute atomic E-state index is 14.3. The van der Waals surface area contributed by atoms with E-state index in [1.54, 1.807) is 4.48 Å². The number of halogens is 1. The molecular weight excluding hydrogens is 360 g/mol. The first kappa shape index (κ1) is 19.4. The molecule has 0 unspecified atom stereocenters. The van der Waals surface area contributed by atoms with Crippen LogP contribution in [0.5, 0.6) is 0 Å². The molecule has 0 spiro atoms. The van der Waals surface area contributed by atoms with Crippen LogP contribution < -0.4 is 0 Å². The molecule has 1 aliphatic rings. The zero-order chi connectivity index (χ0) is 20.7. The van der Waals surface area contributed by atoms with Crippen molar-refractivity contribution in [2.24, 2.45) is 9.98 Å². The van der Waals surface area contributed by atoms with E-state index in [-0.39, 0.29) is 0 Å². The molecule has 1 aliphatic heterocycles. The lowest BCUT2D eigenvalue weighted by Crippen LogP contribution is -2.04. The largest absolute Gasteiger partial charge is 0.496 e. The molecule has 0 saturated carbocycles. The number of hydrogen-bond acceptors (Lipinski definition) is 1. The predicted octanol–water partition coefficient (Wildman–Crippen LogP) is 6.51. The van der Waals surface area contributed by atoms with Gasteiger partial charge in [0.2, 0.25) is 0 Å². The van der Waals surface area contributed by atoms with Crippen LogP contribution >= 0.6 is 0 Å². The Hall–Kier alpha value is -2.95. The van der Waals surface area contributed by atoms with E-state index in [0.29, 0.717) is 19.3 Å². The molecular formula is C24H24BFN3. The normalized spacial score (nSPS) is 15.5. The van der Waals surface area contributed by atoms with Gasteiger partial charge in [0.1, 0.15) is 5.82 Å². The minimum Gasteiger partial charge on any atom is -0.342 e. The lowest BCUT2D eigenvalue weighted by Gasteiger charge is -2.09. The topological polar surface area (TPSA) is 29.6 Å². The zero-order valence-electron chi connectivity index (χ0n) is 17.5. The van der Waals surface area contributed by atoms with Crippen molar-refractivity contribution in [1.29, 1.82) is 0 Å². The summed E-state index contributed by atoms with van der Waals surface area (Å²) in [4.78, 5) is 9.49. The number of aliphatic imine (C=N–C) groups is 2. The highest BCUT2D eigenvalue weighted by Gasteiger charge is 2.22. The minimum atomic E-state index is 0.570. The number of hydrogen-bond donors (Lipinski definition) is 0. The van der Waals surface area contributed by atoms with Gasteiger partial charge in [0.25, 0.3) is 0 Å². The van der Waals surface area contributed by atoms with Gasteiger partial charge in [-0.2, -0.15) is 0 Å². The first-order chi connectivity index (χ1) is 13.9. The monoisotopic (exact) mass is 384 g/mol. The average Bonchev–Trinajstić information content (AvgIpc) is 3.14. The van der Waals surface area contributed by atoms with E-state index in [4.69, 9.17) is 4.99 Å². The second-order valence-electron chi connectivity index (χ2n) is 7.65. The molecule has 2 aromatic carbocycles. The fourth-order valence-corrected chi connectivity index (χ4v) is 4.31. The maximum atomic E-state index is 14.3. The Balaban J connectivity index is 2.02. The second-order valence-corrected chi connectivity index (χ2v) is 7.65. The SMILES string of the molecule is CCC1=C(C)C(=Nc2c3ccccc3c(-c3cc(C)cc(C)c3)n2[B]F)N=C1C. The van der Waals surface area contributed by atoms with E-state index in [9.17, 15) is 4.32 Å². The van der Waals surface area contributed by atoms with E-state index in [0.717, 1.165) is 50.9 Å². The van der Waals surface area contributed by atoms with Crippen molar-refractivity contribution in [3.05, 3.63) is 64.7 Å². The molecule has 3 aromatic rings. The van der Waals surface area contributed by atoms with Crippen LogP contribution in [0.3, 0.4) is 0 Å². The highest BCUT2D eigenvalue weighted by Crippen LogP contribution is 2.39. The van der Waals surface area contributed by atoms with Crippen molar-refractivity contribution in [3.63, 3.8) is 0 Å². The summed E-state index contributed by atoms with van der Waals surface area (Å²) in [5, 5.41) is 1.88. The van der Waals surface area contributed by atoms with Crippen LogP contribution in [-0.2, 0) is 0 Å². The molecule has 145 valence electrons. The Morgan fingerprint density at radius 3 is 2.24 bits per heavy atom. The third-order valence-electron chi connectivity index (χ3n) is 5.55. The Labute approximate surface area is 172 Å². The van der Waals surface area contributed by atoms with Crippen molar-refractivity contribution in [1.82, 2.24) is 4.48 Å². The van der Waals surface area contributed by atoms with E-state index in [2.05, 4.69) is 44.0 Å². The van der Waals surface area contributed by atoms with E-state index < -0.39 is 0 Å². The average molecular weight is 384 g/mol. The van der Waals surface area contributed by atoms with E-state index >= 15 is 0 Å². The number of allylic oxidation sites excluding steroid dienone is 1. The lowest BCUT2D eigenvalue weighted by molar-refractivity contribution is 0.837. The highest BCUT2D eigenvalue weighted by molar-refractivity contribution is 6.30. The minimum absolute atomic E-state index is 0.570. The van der Waals surface area contributed by atoms with Crippen molar-refractivity contribution in [2.45, 2.75) is 41.0 Å². The van der Waals surface area contributed by atoms with E-state index in [1.807, 2.05) is 38.1 Å². The quantitative estimate of drug-likeness (QED) is 0.459. The molecule has 1 radical (unpaired) electrons. The summed E-state index contributed by atoms with van der Waals surface area (Å²) < 4.78 is 15.8. The number of benzene rings is 2. The van der Waals surface area contributed by atoms with Gasteiger partial charge in [-0.15, -0.1) is 0 Å². The summed E-state index contributed by atoms with van der Waals surface area (Å²) in [5.74, 6) is 1.23. The van der Waals surface area contributed by atoms with Crippen LogP contribution in [0.15, 0.2) is 63.6 Å². The number of rotatable bonds is 4. The molecule has 0 atom stereocenters. The van der Waals surface area contributed by atoms with Crippen molar-refractivity contribution >= 4 is 35.8 Å². The maximum Gasteiger partial charge on any atom is 0.496 e. The fraction of sp³-hybridized carbons (Fsp3) is 0.250. The first-order valence-electron chi connectivity index (χ1n) is 9.94. The van der Waals surface area contributed by atoms with Gasteiger partial charge < -0.3 is 8.79 Å². The molecule has 2 heterocycles. The smallest absolute Gasteiger partial charge is 0.342 e. The summed E-state index contributed by atoms with van der Waals surface area (Å²) in [7, 11) is 0.609. The summed E-state index contributed by atoms with van der Waals surface area (Å²) in [6.45, 7) is 10.3. The number of aryl methyl sites for hydroxylation is 2. The molecule has 29 heavy (non-hydrogen) atoms. The molecule has 0 N–H and O–H groups in total. The van der Waals surface area contributed by atoms with Gasteiger partial charge in [-0.1, -0.05) is 48.4 Å². The third kappa shape index (κ3) is 3.25. The number of nitrogens with zero attached hydrogens (tertiary/aromatic N) is 3. The molecule has 0 fully saturated rings. The van der Waals surface area contributed by atoms with Crippen molar-refractivity contribution in [3.8, 4) is 11.3 Å². The Bertz CT molecular complexity index is 1190. The second kappa shape index (κ2) is 7.47. The highest BCUT2D eigenvalue weighted by atomic mass is 19.1. The molecule has 0 aliphatic carbocycles. The summed E-state index contributed by atoms with van der Waals surface area (Å²) in [6.07, 6.45) is 0.908. The van der Waals surface area contributed by atoms with Gasteiger partial charge >= 0.3 is 7.69 Å². The molecule has 5 heteroatoms. The van der Waals surface area contributed by atoms with Gasteiger partial charge in [0.15, 0.2) is 5.84 Å². The van der Waals surface area contributed by atoms with Gasteiger partial charge in [0.05, 0.1) is 0 Å². The van der Waals surface area contributed by atoms with Crippen LogP contribution in [0.2, 0.25) is 0 Å². The lowest BCUT2D eigenvalue weighted by atomic mass is 10.0. The van der Waals surface area contributed by atoms with Crippen LogP contribution in [-0.4, -0.2) is 23.7 Å². The summed E-state index contributed by atoms with van der Waals surface area (Å²) in [6, 6.07) is 14.3. The standard InChI is InChI=1S/C24H24BFN3/c1-6-19-16(4)23(27-17(19)5)28-24-21-10-8-7-9-20(21)22(29(24)25-26)18-12-14(2)11-15(3)13-18/h7-13H,6H2,1-5H3. The first-order valence-corrected chi connectivity index (χ1v) is 9.94. The molecule has 0 bridgehead atoms. The Morgan fingerprint density at radius 1 is 1.00 bits per heavy atom. The van der Waals surface area contributed by atoms with E-state index in [1.165, 1.54) is 5.57 Å². The summed E-state index contributed by atoms with van der Waals surface area (Å²) >= 11 is 0. The van der Waals surface area contributed by atoms with Crippen LogP contribution in [0.25, 0.3) is 22.0 Å².